The number of hydrogen-bond donors (Lipinski definition) is 1. The Labute approximate surface area is 155 Å². The average Bonchev–Trinajstić information content (AvgIpc) is 3.19. The van der Waals surface area contributed by atoms with Crippen LogP contribution in [0.25, 0.3) is 11.0 Å². The Balaban J connectivity index is 1.55. The van der Waals surface area contributed by atoms with Crippen molar-refractivity contribution in [3.63, 3.8) is 0 Å². The van der Waals surface area contributed by atoms with Gasteiger partial charge in [0.15, 0.2) is 16.7 Å². The Morgan fingerprint density at radius 1 is 1.23 bits per heavy atom. The number of aryl methyl sites for hydroxylation is 1. The second kappa shape index (κ2) is 6.09. The summed E-state index contributed by atoms with van der Waals surface area (Å²) in [7, 11) is 2.16. The Morgan fingerprint density at radius 3 is 2.77 bits per heavy atom. The summed E-state index contributed by atoms with van der Waals surface area (Å²) in [6.07, 6.45) is 5.59. The van der Waals surface area contributed by atoms with Crippen LogP contribution < -0.4 is 14.4 Å². The van der Waals surface area contributed by atoms with Crippen LogP contribution in [0, 0.1) is 6.92 Å². The number of nitrogens with zero attached hydrogens (tertiary/aromatic N) is 3. The van der Waals surface area contributed by atoms with Crippen molar-refractivity contribution >= 4 is 28.5 Å². The molecule has 26 heavy (non-hydrogen) atoms. The van der Waals surface area contributed by atoms with E-state index in [1.807, 2.05) is 13.0 Å². The van der Waals surface area contributed by atoms with Crippen LogP contribution >= 0.6 is 11.8 Å². The molecule has 0 bridgehead atoms. The molecule has 1 fully saturated rings. The van der Waals surface area contributed by atoms with E-state index in [2.05, 4.69) is 34.0 Å². The third kappa shape index (κ3) is 2.58. The third-order valence-electron chi connectivity index (χ3n) is 5.23. The van der Waals surface area contributed by atoms with E-state index in [4.69, 9.17) is 14.5 Å². The van der Waals surface area contributed by atoms with Gasteiger partial charge in [0.05, 0.1) is 16.9 Å². The topological polar surface area (TPSA) is 63.3 Å². The van der Waals surface area contributed by atoms with Gasteiger partial charge in [-0.2, -0.15) is 0 Å². The van der Waals surface area contributed by atoms with Crippen molar-refractivity contribution < 1.29 is 9.47 Å². The normalized spacial score (nSPS) is 16.1. The first-order valence-corrected chi connectivity index (χ1v) is 9.66. The molecule has 1 aliphatic carbocycles. The van der Waals surface area contributed by atoms with E-state index in [9.17, 15) is 0 Å². The van der Waals surface area contributed by atoms with E-state index >= 15 is 0 Å². The maximum atomic E-state index is 5.60. The standard InChI is InChI=1S/C19H20N4O2S/c1-11-18-13(6-7-20-11)21-19(22-18)26-17-9-16-15(24-10-25-16)8-14(17)23(2)12-4-3-5-12/h6-9,12H,3-5,10H2,1-2H3,(H,21,22). The minimum absolute atomic E-state index is 0.283. The molecular weight excluding hydrogens is 348 g/mol. The van der Waals surface area contributed by atoms with Crippen molar-refractivity contribution in [1.82, 2.24) is 15.0 Å². The van der Waals surface area contributed by atoms with Crippen molar-refractivity contribution in [3.8, 4) is 11.5 Å². The van der Waals surface area contributed by atoms with Gasteiger partial charge in [-0.15, -0.1) is 0 Å². The molecule has 0 amide bonds. The number of anilines is 1. The van der Waals surface area contributed by atoms with Crippen LogP contribution in [0.5, 0.6) is 11.5 Å². The maximum Gasteiger partial charge on any atom is 0.231 e. The Hall–Kier alpha value is -2.41. The van der Waals surface area contributed by atoms with Gasteiger partial charge in [-0.1, -0.05) is 0 Å². The quantitative estimate of drug-likeness (QED) is 0.747. The van der Waals surface area contributed by atoms with Crippen LogP contribution in [-0.2, 0) is 0 Å². The van der Waals surface area contributed by atoms with Crippen molar-refractivity contribution in [2.45, 2.75) is 42.3 Å². The van der Waals surface area contributed by atoms with Crippen LogP contribution in [0.1, 0.15) is 25.0 Å². The number of aromatic nitrogens is 3. The molecule has 6 nitrogen and oxygen atoms in total. The minimum atomic E-state index is 0.283. The number of fused-ring (bicyclic) bond motifs is 2. The number of rotatable bonds is 4. The van der Waals surface area contributed by atoms with Gasteiger partial charge in [0.2, 0.25) is 6.79 Å². The highest BCUT2D eigenvalue weighted by Crippen LogP contribution is 2.45. The third-order valence-corrected chi connectivity index (χ3v) is 6.16. The predicted octanol–water partition coefficient (Wildman–Crippen LogP) is 4.13. The van der Waals surface area contributed by atoms with E-state index in [0.29, 0.717) is 6.04 Å². The number of H-pyrrole nitrogens is 1. The molecule has 2 aliphatic rings. The lowest BCUT2D eigenvalue weighted by atomic mass is 9.91. The largest absolute Gasteiger partial charge is 0.454 e. The molecular formula is C19H20N4O2S. The molecule has 1 aromatic carbocycles. The van der Waals surface area contributed by atoms with E-state index in [1.54, 1.807) is 18.0 Å². The number of nitrogens with one attached hydrogen (secondary N) is 1. The SMILES string of the molecule is Cc1nccc2[nH]c(Sc3cc4c(cc3N(C)C3CCC3)OCO4)nc12. The summed E-state index contributed by atoms with van der Waals surface area (Å²) in [6, 6.07) is 6.71. The number of imidazole rings is 1. The van der Waals surface area contributed by atoms with Crippen molar-refractivity contribution in [3.05, 3.63) is 30.1 Å². The van der Waals surface area contributed by atoms with Crippen LogP contribution in [0.2, 0.25) is 0 Å². The van der Waals surface area contributed by atoms with Crippen LogP contribution in [0.3, 0.4) is 0 Å². The summed E-state index contributed by atoms with van der Waals surface area (Å²) in [5.41, 5.74) is 4.03. The lowest BCUT2D eigenvalue weighted by molar-refractivity contribution is 0.174. The predicted molar refractivity (Wildman–Crippen MR) is 101 cm³/mol. The van der Waals surface area contributed by atoms with Crippen LogP contribution in [0.4, 0.5) is 5.69 Å². The molecule has 7 heteroatoms. The van der Waals surface area contributed by atoms with Gasteiger partial charge < -0.3 is 19.4 Å². The Bertz CT molecular complexity index is 983. The summed E-state index contributed by atoms with van der Waals surface area (Å²) in [6.45, 7) is 2.26. The van der Waals surface area contributed by atoms with Gasteiger partial charge >= 0.3 is 0 Å². The Kier molecular flexibility index (Phi) is 3.70. The zero-order chi connectivity index (χ0) is 17.7. The fourth-order valence-electron chi connectivity index (χ4n) is 3.44. The number of ether oxygens (including phenoxy) is 2. The van der Waals surface area contributed by atoms with Crippen molar-refractivity contribution in [2.75, 3.05) is 18.7 Å². The molecule has 1 saturated carbocycles. The zero-order valence-electron chi connectivity index (χ0n) is 14.8. The maximum absolute atomic E-state index is 5.60. The fourth-order valence-corrected chi connectivity index (χ4v) is 4.42. The first kappa shape index (κ1) is 15.8. The lowest BCUT2D eigenvalue weighted by Gasteiger charge is -2.37. The number of benzene rings is 1. The molecule has 0 atom stereocenters. The molecule has 5 rings (SSSR count). The summed E-state index contributed by atoms with van der Waals surface area (Å²) >= 11 is 1.62. The highest BCUT2D eigenvalue weighted by atomic mass is 32.2. The average molecular weight is 368 g/mol. The first-order chi connectivity index (χ1) is 12.7. The fraction of sp³-hybridized carbons (Fsp3) is 0.368. The Morgan fingerprint density at radius 2 is 2.04 bits per heavy atom. The lowest BCUT2D eigenvalue weighted by Crippen LogP contribution is -2.37. The number of aromatic amines is 1. The highest BCUT2D eigenvalue weighted by Gasteiger charge is 2.27. The molecule has 3 aromatic rings. The van der Waals surface area contributed by atoms with Gasteiger partial charge in [0.25, 0.3) is 0 Å². The molecule has 3 heterocycles. The van der Waals surface area contributed by atoms with Gasteiger partial charge in [0, 0.05) is 36.3 Å². The highest BCUT2D eigenvalue weighted by molar-refractivity contribution is 7.99. The van der Waals surface area contributed by atoms with E-state index < -0.39 is 0 Å². The number of pyridine rings is 1. The molecule has 134 valence electrons. The van der Waals surface area contributed by atoms with Gasteiger partial charge in [-0.05, 0) is 44.0 Å². The summed E-state index contributed by atoms with van der Waals surface area (Å²) in [5, 5.41) is 0.859. The second-order valence-electron chi connectivity index (χ2n) is 6.81. The van der Waals surface area contributed by atoms with Gasteiger partial charge in [-0.3, -0.25) is 4.98 Å². The monoisotopic (exact) mass is 368 g/mol. The van der Waals surface area contributed by atoms with Crippen LogP contribution in [0.15, 0.2) is 34.4 Å². The zero-order valence-corrected chi connectivity index (χ0v) is 15.6. The molecule has 1 N–H and O–H groups in total. The van der Waals surface area contributed by atoms with Gasteiger partial charge in [-0.25, -0.2) is 4.98 Å². The van der Waals surface area contributed by atoms with E-state index in [-0.39, 0.29) is 6.79 Å². The summed E-state index contributed by atoms with van der Waals surface area (Å²) in [4.78, 5) is 15.9. The van der Waals surface area contributed by atoms with Crippen LogP contribution in [-0.4, -0.2) is 34.8 Å². The smallest absolute Gasteiger partial charge is 0.231 e. The molecule has 1 aliphatic heterocycles. The molecule has 0 unspecified atom stereocenters. The second-order valence-corrected chi connectivity index (χ2v) is 7.84. The first-order valence-electron chi connectivity index (χ1n) is 8.85. The molecule has 2 aromatic heterocycles. The van der Waals surface area contributed by atoms with Crippen molar-refractivity contribution in [1.29, 1.82) is 0 Å². The summed E-state index contributed by atoms with van der Waals surface area (Å²) < 4.78 is 11.2. The molecule has 0 spiro atoms. The van der Waals surface area contributed by atoms with Gasteiger partial charge in [0.1, 0.15) is 5.52 Å². The van der Waals surface area contributed by atoms with E-state index in [1.165, 1.54) is 24.9 Å². The van der Waals surface area contributed by atoms with Crippen molar-refractivity contribution in [2.24, 2.45) is 0 Å². The minimum Gasteiger partial charge on any atom is -0.454 e. The summed E-state index contributed by atoms with van der Waals surface area (Å²) in [5.74, 6) is 1.62. The van der Waals surface area contributed by atoms with E-state index in [0.717, 1.165) is 38.3 Å². The molecule has 0 radical (unpaired) electrons. The number of hydrogen-bond acceptors (Lipinski definition) is 6. The molecule has 0 saturated heterocycles.